The second kappa shape index (κ2) is 9.63. The SMILES string of the molecule is O.O.O=C([O-])c1ccccc1O.[Be+2].[OH-]. The third-order valence-electron chi connectivity index (χ3n) is 1.12. The van der Waals surface area contributed by atoms with Crippen LogP contribution in [0.2, 0.25) is 0 Å². The smallest absolute Gasteiger partial charge is 0.870 e. The Labute approximate surface area is 84.0 Å². The van der Waals surface area contributed by atoms with Crippen molar-refractivity contribution in [2.45, 2.75) is 0 Å². The maximum atomic E-state index is 10.2. The van der Waals surface area contributed by atoms with Crippen LogP contribution in [0.5, 0.6) is 5.75 Å². The average molecular weight is 199 g/mol. The van der Waals surface area contributed by atoms with E-state index in [0.717, 1.165) is 0 Å². The van der Waals surface area contributed by atoms with E-state index in [0.29, 0.717) is 0 Å². The molecule has 0 aliphatic heterocycles. The molecule has 0 saturated carbocycles. The first-order chi connectivity index (χ1) is 4.72. The fourth-order valence-corrected chi connectivity index (χ4v) is 0.646. The Bertz CT molecular complexity index is 264. The summed E-state index contributed by atoms with van der Waals surface area (Å²) in [6, 6.07) is 5.64. The van der Waals surface area contributed by atoms with Crippen LogP contribution in [-0.4, -0.2) is 37.6 Å². The summed E-state index contributed by atoms with van der Waals surface area (Å²) in [6.07, 6.45) is 0. The second-order valence-electron chi connectivity index (χ2n) is 1.80. The Kier molecular flexibility index (Phi) is 15.7. The third kappa shape index (κ3) is 5.23. The molecule has 0 aliphatic rings. The molecule has 0 spiro atoms. The van der Waals surface area contributed by atoms with Crippen molar-refractivity contribution in [3.8, 4) is 5.75 Å². The van der Waals surface area contributed by atoms with Crippen LogP contribution < -0.4 is 5.11 Å². The maximum Gasteiger partial charge on any atom is 2.00 e. The van der Waals surface area contributed by atoms with Gasteiger partial charge in [0, 0.05) is 5.56 Å². The van der Waals surface area contributed by atoms with Gasteiger partial charge in [0.15, 0.2) is 0 Å². The van der Waals surface area contributed by atoms with E-state index in [4.69, 9.17) is 5.11 Å². The van der Waals surface area contributed by atoms with Crippen molar-refractivity contribution in [1.82, 2.24) is 0 Å². The summed E-state index contributed by atoms with van der Waals surface area (Å²) in [5, 5.41) is 19.0. The van der Waals surface area contributed by atoms with Gasteiger partial charge in [0.2, 0.25) is 0 Å². The van der Waals surface area contributed by atoms with Crippen molar-refractivity contribution in [2.75, 3.05) is 0 Å². The minimum absolute atomic E-state index is 0. The first kappa shape index (κ1) is 22.9. The van der Waals surface area contributed by atoms with Crippen LogP contribution in [0.15, 0.2) is 24.3 Å². The van der Waals surface area contributed by atoms with Crippen LogP contribution in [0.25, 0.3) is 0 Å². The molecule has 1 rings (SSSR count). The number of para-hydroxylation sites is 1. The first-order valence-corrected chi connectivity index (χ1v) is 2.71. The fraction of sp³-hybridized carbons (Fsp3) is 0. The van der Waals surface area contributed by atoms with Gasteiger partial charge in [-0.05, 0) is 12.1 Å². The molecule has 0 unspecified atom stereocenters. The number of rotatable bonds is 1. The van der Waals surface area contributed by atoms with Gasteiger partial charge in [0.1, 0.15) is 5.75 Å². The number of carbonyl (C=O) groups excluding carboxylic acids is 1. The van der Waals surface area contributed by atoms with Gasteiger partial charge in [-0.3, -0.25) is 0 Å². The number of aromatic hydroxyl groups is 1. The van der Waals surface area contributed by atoms with Crippen LogP contribution in [0.3, 0.4) is 0 Å². The van der Waals surface area contributed by atoms with Crippen LogP contribution in [0.4, 0.5) is 0 Å². The Hall–Kier alpha value is -1.46. The minimum Gasteiger partial charge on any atom is -0.870 e. The number of benzene rings is 1. The van der Waals surface area contributed by atoms with Crippen molar-refractivity contribution in [2.24, 2.45) is 0 Å². The molecule has 0 radical (unpaired) electrons. The number of carboxylic acids is 1. The Morgan fingerprint density at radius 1 is 1.21 bits per heavy atom. The topological polar surface area (TPSA) is 153 Å². The average Bonchev–Trinajstić information content (AvgIpc) is 1.88. The number of aromatic carboxylic acids is 1. The molecule has 0 aromatic heterocycles. The fourth-order valence-electron chi connectivity index (χ4n) is 0.646. The summed E-state index contributed by atoms with van der Waals surface area (Å²) in [6.45, 7) is 0. The molecule has 6 N–H and O–H groups in total. The Balaban J connectivity index is -0.000000125. The molecule has 0 heterocycles. The molecule has 0 amide bonds. The molecule has 6 nitrogen and oxygen atoms in total. The predicted molar refractivity (Wildman–Crippen MR) is 47.4 cm³/mol. The monoisotopic (exact) mass is 199 g/mol. The van der Waals surface area contributed by atoms with E-state index in [1.807, 2.05) is 0 Å². The van der Waals surface area contributed by atoms with Gasteiger partial charge >= 0.3 is 10.1 Å². The molecule has 0 saturated heterocycles. The van der Waals surface area contributed by atoms with Crippen LogP contribution >= 0.6 is 0 Å². The van der Waals surface area contributed by atoms with E-state index in [1.165, 1.54) is 18.2 Å². The van der Waals surface area contributed by atoms with Gasteiger partial charge in [-0.1, -0.05) is 12.1 Å². The zero-order valence-electron chi connectivity index (χ0n) is 7.23. The van der Waals surface area contributed by atoms with Crippen LogP contribution in [0.1, 0.15) is 10.4 Å². The molecular weight excluding hydrogens is 189 g/mol. The van der Waals surface area contributed by atoms with E-state index in [1.54, 1.807) is 6.07 Å². The van der Waals surface area contributed by atoms with E-state index in [-0.39, 0.29) is 37.9 Å². The number of hydrogen-bond donors (Lipinski definition) is 1. The first-order valence-electron chi connectivity index (χ1n) is 2.71. The predicted octanol–water partition coefficient (Wildman–Crippen LogP) is -2.45. The van der Waals surface area contributed by atoms with E-state index >= 15 is 0 Å². The standard InChI is InChI=1S/C7H6O3.Be.3H2O/c8-6-4-2-1-3-5(6)7(9)10;;;;/h1-4,8H,(H,9,10);;3*1H2/q;+2;;;/p-2. The summed E-state index contributed by atoms with van der Waals surface area (Å²) in [5.41, 5.74) is -0.178. The maximum absolute atomic E-state index is 10.2. The van der Waals surface area contributed by atoms with Crippen molar-refractivity contribution < 1.29 is 31.4 Å². The van der Waals surface area contributed by atoms with Crippen molar-refractivity contribution in [3.63, 3.8) is 0 Å². The zero-order chi connectivity index (χ0) is 7.56. The Morgan fingerprint density at radius 2 is 1.64 bits per heavy atom. The number of phenols is 1. The normalized spacial score (nSPS) is 6.57. The van der Waals surface area contributed by atoms with Crippen LogP contribution in [0, 0.1) is 0 Å². The largest absolute Gasteiger partial charge is 2.00 e. The molecule has 14 heavy (non-hydrogen) atoms. The molecular formula is C7H10BeO6. The van der Waals surface area contributed by atoms with Crippen LogP contribution in [-0.2, 0) is 0 Å². The summed E-state index contributed by atoms with van der Waals surface area (Å²) >= 11 is 0. The van der Waals surface area contributed by atoms with E-state index in [2.05, 4.69) is 0 Å². The molecule has 1 aromatic rings. The molecule has 0 bridgehead atoms. The molecule has 0 fully saturated rings. The van der Waals surface area contributed by atoms with Gasteiger partial charge in [-0.25, -0.2) is 0 Å². The zero-order valence-corrected chi connectivity index (χ0v) is 7.23. The summed E-state index contributed by atoms with van der Waals surface area (Å²) in [5.74, 6) is -1.62. The minimum atomic E-state index is -1.36. The van der Waals surface area contributed by atoms with Gasteiger partial charge in [-0.15, -0.1) is 0 Å². The summed E-state index contributed by atoms with van der Waals surface area (Å²) in [4.78, 5) is 10.2. The number of carbonyl (C=O) groups is 1. The van der Waals surface area contributed by atoms with Crippen molar-refractivity contribution >= 4 is 16.1 Å². The Morgan fingerprint density at radius 3 is 1.93 bits per heavy atom. The molecule has 0 atom stereocenters. The van der Waals surface area contributed by atoms with Gasteiger partial charge in [0.05, 0.1) is 5.97 Å². The molecule has 1 aromatic carbocycles. The number of carboxylic acid groups (broad SMARTS) is 1. The van der Waals surface area contributed by atoms with E-state index < -0.39 is 5.97 Å². The van der Waals surface area contributed by atoms with Crippen molar-refractivity contribution in [3.05, 3.63) is 29.8 Å². The quantitative estimate of drug-likeness (QED) is 0.498. The van der Waals surface area contributed by atoms with Gasteiger partial charge in [0.25, 0.3) is 0 Å². The summed E-state index contributed by atoms with van der Waals surface area (Å²) in [7, 11) is 0. The third-order valence-corrected chi connectivity index (χ3v) is 1.12. The number of hydrogen-bond acceptors (Lipinski definition) is 4. The van der Waals surface area contributed by atoms with Gasteiger partial charge in [-0.2, -0.15) is 0 Å². The van der Waals surface area contributed by atoms with E-state index in [9.17, 15) is 9.90 Å². The molecule has 0 aliphatic carbocycles. The van der Waals surface area contributed by atoms with Crippen molar-refractivity contribution in [1.29, 1.82) is 0 Å². The molecule has 76 valence electrons. The second-order valence-corrected chi connectivity index (χ2v) is 1.80. The summed E-state index contributed by atoms with van der Waals surface area (Å²) < 4.78 is 0. The molecule has 7 heteroatoms. The van der Waals surface area contributed by atoms with Gasteiger partial charge < -0.3 is 31.4 Å².